The van der Waals surface area contributed by atoms with E-state index in [1.54, 1.807) is 18.1 Å². The second-order valence-electron chi connectivity index (χ2n) is 14.8. The van der Waals surface area contributed by atoms with E-state index >= 15 is 0 Å². The third-order valence-corrected chi connectivity index (χ3v) is 15.8. The number of methoxy groups -OCH3 is 2. The standard InChI is InChI=1S/C42H49N3O6Si/c1-28-39(48-5)30(24-37(46)40(28)49-6)22-34-38-31(23-36(35(25-43)44-34)45(38)41(47)50-26-29-16-10-7-11-17-29)27-51-52(42(2,3)4,32-18-12-8-13-19-32)33-20-14-9-15-21-33/h7-21,24,31,34-36,38,44,46H,22-23,26-27H2,1-6H3/t31-,34-,35-,36+,38-/m0/s1. The van der Waals surface area contributed by atoms with Crippen LogP contribution in [0.1, 0.15) is 43.9 Å². The second-order valence-corrected chi connectivity index (χ2v) is 19.1. The highest BCUT2D eigenvalue weighted by atomic mass is 28.4. The van der Waals surface area contributed by atoms with Gasteiger partial charge >= 0.3 is 6.09 Å². The lowest BCUT2D eigenvalue weighted by Gasteiger charge is -2.45. The quantitative estimate of drug-likeness (QED) is 0.179. The van der Waals surface area contributed by atoms with Crippen LogP contribution in [0.4, 0.5) is 4.79 Å². The second kappa shape index (κ2) is 15.4. The highest BCUT2D eigenvalue weighted by Gasteiger charge is 2.57. The highest BCUT2D eigenvalue weighted by molar-refractivity contribution is 6.99. The maximum absolute atomic E-state index is 14.2. The zero-order chi connectivity index (χ0) is 37.0. The van der Waals surface area contributed by atoms with Crippen molar-refractivity contribution in [2.45, 2.75) is 76.3 Å². The van der Waals surface area contributed by atoms with E-state index < -0.39 is 26.5 Å². The lowest BCUT2D eigenvalue weighted by Crippen LogP contribution is -2.68. The van der Waals surface area contributed by atoms with Crippen LogP contribution in [-0.2, 0) is 22.2 Å². The van der Waals surface area contributed by atoms with Crippen molar-refractivity contribution in [1.82, 2.24) is 10.2 Å². The molecule has 2 heterocycles. The van der Waals surface area contributed by atoms with Gasteiger partial charge in [0.2, 0.25) is 0 Å². The maximum atomic E-state index is 14.2. The molecule has 5 atom stereocenters. The maximum Gasteiger partial charge on any atom is 0.410 e. The van der Waals surface area contributed by atoms with Crippen molar-refractivity contribution in [3.05, 3.63) is 114 Å². The third-order valence-electron chi connectivity index (χ3n) is 10.7. The smallest absolute Gasteiger partial charge is 0.410 e. The van der Waals surface area contributed by atoms with E-state index in [9.17, 15) is 15.2 Å². The fraction of sp³-hybridized carbons (Fsp3) is 0.381. The molecule has 4 aromatic carbocycles. The molecule has 2 N–H and O–H groups in total. The Labute approximate surface area is 308 Å². The Morgan fingerprint density at radius 1 is 0.942 bits per heavy atom. The van der Waals surface area contributed by atoms with E-state index in [1.165, 1.54) is 17.5 Å². The summed E-state index contributed by atoms with van der Waals surface area (Å²) < 4.78 is 24.8. The Morgan fingerprint density at radius 3 is 2.06 bits per heavy atom. The summed E-state index contributed by atoms with van der Waals surface area (Å²) in [4.78, 5) is 16.0. The first-order valence-corrected chi connectivity index (χ1v) is 19.8. The van der Waals surface area contributed by atoms with Gasteiger partial charge < -0.3 is 23.7 Å². The molecule has 0 aliphatic carbocycles. The molecule has 4 aromatic rings. The van der Waals surface area contributed by atoms with E-state index in [-0.39, 0.29) is 35.4 Å². The van der Waals surface area contributed by atoms with Crippen molar-refractivity contribution in [3.8, 4) is 23.3 Å². The van der Waals surface area contributed by atoms with Crippen LogP contribution in [0, 0.1) is 24.2 Å². The first-order chi connectivity index (χ1) is 25.0. The SMILES string of the molecule is COc1c(O)cc(C[C@@H]2N[C@@H](C#N)[C@H]3C[C@@H](CO[Si](c4ccccc4)(c4ccccc4)C(C)(C)C)[C@@H]2N3C(=O)OCc2ccccc2)c(OC)c1C. The number of carbonyl (C=O) groups excluding carboxylic acids is 1. The number of hydrogen-bond donors (Lipinski definition) is 2. The number of ether oxygens (including phenoxy) is 3. The van der Waals surface area contributed by atoms with Gasteiger partial charge in [0.25, 0.3) is 8.32 Å². The number of benzene rings is 4. The Bertz CT molecular complexity index is 1840. The van der Waals surface area contributed by atoms with Crippen LogP contribution in [0.15, 0.2) is 97.1 Å². The van der Waals surface area contributed by atoms with Crippen molar-refractivity contribution in [2.75, 3.05) is 20.8 Å². The summed E-state index contributed by atoms with van der Waals surface area (Å²) in [7, 11) is 0.183. The number of piperazine rings is 1. The Hall–Kier alpha value is -4.82. The Balaban J connectivity index is 1.41. The average molecular weight is 720 g/mol. The molecule has 9 nitrogen and oxygen atoms in total. The first-order valence-electron chi connectivity index (χ1n) is 17.9. The minimum Gasteiger partial charge on any atom is -0.504 e. The molecule has 6 rings (SSSR count). The van der Waals surface area contributed by atoms with E-state index in [4.69, 9.17) is 18.6 Å². The number of phenols is 1. The molecule has 272 valence electrons. The summed E-state index contributed by atoms with van der Waals surface area (Å²) in [5.41, 5.74) is 2.29. The van der Waals surface area contributed by atoms with E-state index in [0.717, 1.165) is 11.1 Å². The molecule has 0 spiro atoms. The molecule has 2 aliphatic heterocycles. The molecule has 52 heavy (non-hydrogen) atoms. The number of carbonyl (C=O) groups is 1. The van der Waals surface area contributed by atoms with E-state index in [2.05, 4.69) is 80.7 Å². The van der Waals surface area contributed by atoms with Crippen LogP contribution in [0.25, 0.3) is 0 Å². The molecular weight excluding hydrogens is 671 g/mol. The van der Waals surface area contributed by atoms with E-state index in [1.807, 2.05) is 49.4 Å². The minimum atomic E-state index is -2.92. The summed E-state index contributed by atoms with van der Waals surface area (Å²) in [5, 5.41) is 27.1. The lowest BCUT2D eigenvalue weighted by atomic mass is 9.89. The number of nitriles is 1. The van der Waals surface area contributed by atoms with Gasteiger partial charge in [0, 0.05) is 24.1 Å². The van der Waals surface area contributed by atoms with Crippen molar-refractivity contribution in [2.24, 2.45) is 5.92 Å². The topological polar surface area (TPSA) is 113 Å². The van der Waals surface area contributed by atoms with Crippen molar-refractivity contribution >= 4 is 24.8 Å². The minimum absolute atomic E-state index is 0.00145. The number of rotatable bonds is 11. The Morgan fingerprint density at radius 2 is 1.52 bits per heavy atom. The average Bonchev–Trinajstić information content (AvgIpc) is 3.45. The normalized spacial score (nSPS) is 21.3. The van der Waals surface area contributed by atoms with Gasteiger partial charge in [0.1, 0.15) is 18.4 Å². The fourth-order valence-corrected chi connectivity index (χ4v) is 13.2. The molecule has 0 aromatic heterocycles. The monoisotopic (exact) mass is 719 g/mol. The van der Waals surface area contributed by atoms with Gasteiger partial charge in [-0.15, -0.1) is 0 Å². The summed E-state index contributed by atoms with van der Waals surface area (Å²) in [6, 6.07) is 32.9. The van der Waals surface area contributed by atoms with Gasteiger partial charge in [-0.3, -0.25) is 10.2 Å². The van der Waals surface area contributed by atoms with Crippen molar-refractivity contribution in [1.29, 1.82) is 5.26 Å². The number of aromatic hydroxyl groups is 1. The molecule has 2 saturated heterocycles. The number of nitrogens with one attached hydrogen (secondary N) is 1. The van der Waals surface area contributed by atoms with Gasteiger partial charge in [-0.25, -0.2) is 4.79 Å². The van der Waals surface area contributed by atoms with Crippen molar-refractivity contribution < 1.29 is 28.5 Å². The zero-order valence-electron chi connectivity index (χ0n) is 30.8. The van der Waals surface area contributed by atoms with Gasteiger partial charge in [-0.2, -0.15) is 5.26 Å². The van der Waals surface area contributed by atoms with Gasteiger partial charge in [0.15, 0.2) is 11.5 Å². The zero-order valence-corrected chi connectivity index (χ0v) is 31.8. The highest BCUT2D eigenvalue weighted by Crippen LogP contribution is 2.44. The molecule has 0 unspecified atom stereocenters. The van der Waals surface area contributed by atoms with Gasteiger partial charge in [0.05, 0.1) is 32.4 Å². The number of amides is 1. The lowest BCUT2D eigenvalue weighted by molar-refractivity contribution is 0.0410. The van der Waals surface area contributed by atoms with Crippen LogP contribution < -0.4 is 25.2 Å². The van der Waals surface area contributed by atoms with Crippen LogP contribution in [0.2, 0.25) is 5.04 Å². The molecular formula is C42H49N3O6Si. The molecule has 10 heteroatoms. The molecule has 2 aliphatic rings. The summed E-state index contributed by atoms with van der Waals surface area (Å²) in [5.74, 6) is 0.795. The molecule has 2 fully saturated rings. The van der Waals surface area contributed by atoms with Crippen LogP contribution in [0.5, 0.6) is 17.2 Å². The first kappa shape index (κ1) is 37.0. The predicted molar refractivity (Wildman–Crippen MR) is 204 cm³/mol. The third kappa shape index (κ3) is 6.88. The number of fused-ring (bicyclic) bond motifs is 2. The summed E-state index contributed by atoms with van der Waals surface area (Å²) >= 11 is 0. The van der Waals surface area contributed by atoms with Crippen LogP contribution in [-0.4, -0.2) is 69.4 Å². The predicted octanol–water partition coefficient (Wildman–Crippen LogP) is 6.10. The number of phenolic OH excluding ortho intramolecular Hbond substituents is 1. The van der Waals surface area contributed by atoms with Crippen LogP contribution >= 0.6 is 0 Å². The summed E-state index contributed by atoms with van der Waals surface area (Å²) in [6.45, 7) is 9.08. The number of hydrogen-bond acceptors (Lipinski definition) is 8. The molecule has 0 saturated carbocycles. The van der Waals surface area contributed by atoms with Crippen molar-refractivity contribution in [3.63, 3.8) is 0 Å². The fourth-order valence-electron chi connectivity index (χ4n) is 8.55. The Kier molecular flexibility index (Phi) is 11.0. The number of nitrogens with zero attached hydrogens (tertiary/aromatic N) is 2. The molecule has 2 bridgehead atoms. The van der Waals surface area contributed by atoms with Crippen LogP contribution in [0.3, 0.4) is 0 Å². The van der Waals surface area contributed by atoms with Gasteiger partial charge in [-0.1, -0.05) is 112 Å². The molecule has 0 radical (unpaired) electrons. The van der Waals surface area contributed by atoms with Gasteiger partial charge in [-0.05, 0) is 52.4 Å². The van der Waals surface area contributed by atoms with E-state index in [0.29, 0.717) is 36.5 Å². The molecule has 1 amide bonds. The largest absolute Gasteiger partial charge is 0.504 e. The summed E-state index contributed by atoms with van der Waals surface area (Å²) in [6.07, 6.45) is 0.476.